The predicted molar refractivity (Wildman–Crippen MR) is 88.7 cm³/mol. The number of allylic oxidation sites excluding steroid dienone is 1. The first-order chi connectivity index (χ1) is 10.4. The van der Waals surface area contributed by atoms with Gasteiger partial charge in [-0.15, -0.1) is 0 Å². The molecule has 0 bridgehead atoms. The third kappa shape index (κ3) is 4.63. The molecule has 21 heavy (non-hydrogen) atoms. The summed E-state index contributed by atoms with van der Waals surface area (Å²) in [6.07, 6.45) is 6.63. The molecule has 0 atom stereocenters. The van der Waals surface area contributed by atoms with E-state index >= 15 is 0 Å². The number of hydrogen-bond donors (Lipinski definition) is 1. The molecule has 2 aromatic rings. The van der Waals surface area contributed by atoms with Crippen molar-refractivity contribution in [3.05, 3.63) is 77.4 Å². The highest BCUT2D eigenvalue weighted by Crippen LogP contribution is 2.19. The molecular formula is C20H19N. The lowest BCUT2D eigenvalue weighted by molar-refractivity contribution is 0.688. The van der Waals surface area contributed by atoms with Crippen LogP contribution in [0.15, 0.2) is 60.7 Å². The van der Waals surface area contributed by atoms with E-state index in [0.29, 0.717) is 0 Å². The first-order valence-corrected chi connectivity index (χ1v) is 7.46. The van der Waals surface area contributed by atoms with Gasteiger partial charge in [-0.25, -0.2) is 0 Å². The van der Waals surface area contributed by atoms with Crippen LogP contribution in [0.25, 0.3) is 6.08 Å². The van der Waals surface area contributed by atoms with Crippen molar-refractivity contribution in [3.63, 3.8) is 0 Å². The minimum Gasteiger partial charge on any atom is -0.310 e. The Morgan fingerprint density at radius 1 is 1.00 bits per heavy atom. The minimum absolute atomic E-state index is 0.762. The molecule has 1 N–H and O–H groups in total. The fourth-order valence-corrected chi connectivity index (χ4v) is 2.08. The fraction of sp³-hybridized carbons (Fsp3) is 0.200. The summed E-state index contributed by atoms with van der Waals surface area (Å²) in [7, 11) is 0. The zero-order valence-corrected chi connectivity index (χ0v) is 12.0. The van der Waals surface area contributed by atoms with Gasteiger partial charge in [0.1, 0.15) is 0 Å². The molecule has 0 heterocycles. The predicted octanol–water partition coefficient (Wildman–Crippen LogP) is 4.00. The molecule has 1 nitrogen and oxygen atoms in total. The van der Waals surface area contributed by atoms with E-state index in [1.54, 1.807) is 0 Å². The van der Waals surface area contributed by atoms with Crippen LogP contribution in [0.5, 0.6) is 0 Å². The Kier molecular flexibility index (Phi) is 4.51. The molecule has 3 rings (SSSR count). The standard InChI is InChI=1S/C20H19N/c1-2-6-17(7-3-1)8-4-5-9-18-10-12-19(13-11-18)16-21-20-14-15-20/h1-3,5-7,9-13,20-21H,14-16H2/b9-5+. The monoisotopic (exact) mass is 273 g/mol. The zero-order valence-electron chi connectivity index (χ0n) is 12.0. The maximum absolute atomic E-state index is 3.52. The van der Waals surface area contributed by atoms with E-state index in [2.05, 4.69) is 41.4 Å². The highest BCUT2D eigenvalue weighted by Gasteiger charge is 2.19. The Balaban J connectivity index is 1.54. The second kappa shape index (κ2) is 6.92. The van der Waals surface area contributed by atoms with E-state index in [1.165, 1.54) is 24.0 Å². The van der Waals surface area contributed by atoms with E-state index in [4.69, 9.17) is 0 Å². The second-order valence-corrected chi connectivity index (χ2v) is 5.37. The molecule has 0 amide bonds. The van der Waals surface area contributed by atoms with Crippen molar-refractivity contribution >= 4 is 6.08 Å². The van der Waals surface area contributed by atoms with Gasteiger partial charge in [0.05, 0.1) is 0 Å². The topological polar surface area (TPSA) is 12.0 Å². The van der Waals surface area contributed by atoms with E-state index in [1.807, 2.05) is 42.5 Å². The van der Waals surface area contributed by atoms with Gasteiger partial charge in [0.25, 0.3) is 0 Å². The first kappa shape index (κ1) is 13.7. The van der Waals surface area contributed by atoms with Crippen LogP contribution in [0.4, 0.5) is 0 Å². The van der Waals surface area contributed by atoms with Gasteiger partial charge in [-0.3, -0.25) is 0 Å². The van der Waals surface area contributed by atoms with Crippen molar-refractivity contribution in [2.45, 2.75) is 25.4 Å². The van der Waals surface area contributed by atoms with E-state index < -0.39 is 0 Å². The Bertz CT molecular complexity index is 652. The van der Waals surface area contributed by atoms with Crippen molar-refractivity contribution in [1.82, 2.24) is 5.32 Å². The third-order valence-corrected chi connectivity index (χ3v) is 3.50. The van der Waals surface area contributed by atoms with E-state index in [9.17, 15) is 0 Å². The molecule has 1 heteroatoms. The third-order valence-electron chi connectivity index (χ3n) is 3.50. The molecule has 104 valence electrons. The SMILES string of the molecule is C(#Cc1ccccc1)/C=C/c1ccc(CNC2CC2)cc1. The molecule has 0 spiro atoms. The fourth-order valence-electron chi connectivity index (χ4n) is 2.08. The molecule has 1 aliphatic carbocycles. The number of nitrogens with one attached hydrogen (secondary N) is 1. The second-order valence-electron chi connectivity index (χ2n) is 5.37. The molecule has 0 radical (unpaired) electrons. The van der Waals surface area contributed by atoms with Gasteiger partial charge in [-0.05, 0) is 48.3 Å². The number of rotatable bonds is 4. The molecular weight excluding hydrogens is 254 g/mol. The Morgan fingerprint density at radius 3 is 2.48 bits per heavy atom. The molecule has 2 aromatic carbocycles. The van der Waals surface area contributed by atoms with Crippen LogP contribution >= 0.6 is 0 Å². The van der Waals surface area contributed by atoms with Crippen LogP contribution in [0.1, 0.15) is 29.5 Å². The Hall–Kier alpha value is -2.30. The van der Waals surface area contributed by atoms with Crippen molar-refractivity contribution in [2.24, 2.45) is 0 Å². The molecule has 1 fully saturated rings. The highest BCUT2D eigenvalue weighted by atomic mass is 14.9. The van der Waals surface area contributed by atoms with Gasteiger partial charge in [-0.1, -0.05) is 54.3 Å². The van der Waals surface area contributed by atoms with Gasteiger partial charge < -0.3 is 5.32 Å². The summed E-state index contributed by atoms with van der Waals surface area (Å²) in [5.74, 6) is 6.19. The molecule has 1 aliphatic rings. The largest absolute Gasteiger partial charge is 0.310 e. The van der Waals surface area contributed by atoms with Gasteiger partial charge in [0.2, 0.25) is 0 Å². The molecule has 0 unspecified atom stereocenters. The van der Waals surface area contributed by atoms with Crippen molar-refractivity contribution in [1.29, 1.82) is 0 Å². The average Bonchev–Trinajstić information content (AvgIpc) is 3.36. The van der Waals surface area contributed by atoms with E-state index in [0.717, 1.165) is 18.2 Å². The summed E-state index contributed by atoms with van der Waals surface area (Å²) in [5, 5.41) is 3.52. The quantitative estimate of drug-likeness (QED) is 0.830. The molecule has 0 saturated heterocycles. The highest BCUT2D eigenvalue weighted by molar-refractivity contribution is 5.54. The molecule has 0 aromatic heterocycles. The van der Waals surface area contributed by atoms with Crippen molar-refractivity contribution < 1.29 is 0 Å². The van der Waals surface area contributed by atoms with Crippen molar-refractivity contribution in [3.8, 4) is 11.8 Å². The summed E-state index contributed by atoms with van der Waals surface area (Å²) in [5.41, 5.74) is 3.57. The Labute approximate surface area is 126 Å². The normalized spacial score (nSPS) is 13.9. The number of benzene rings is 2. The average molecular weight is 273 g/mol. The van der Waals surface area contributed by atoms with Crippen LogP contribution in [-0.4, -0.2) is 6.04 Å². The summed E-state index contributed by atoms with van der Waals surface area (Å²) in [6.45, 7) is 0.975. The maximum Gasteiger partial charge on any atom is 0.0248 e. The maximum atomic E-state index is 3.52. The van der Waals surface area contributed by atoms with Crippen molar-refractivity contribution in [2.75, 3.05) is 0 Å². The van der Waals surface area contributed by atoms with Crippen LogP contribution in [0, 0.1) is 11.8 Å². The molecule has 1 saturated carbocycles. The lowest BCUT2D eigenvalue weighted by Crippen LogP contribution is -2.14. The minimum atomic E-state index is 0.762. The van der Waals surface area contributed by atoms with Crippen LogP contribution in [0.3, 0.4) is 0 Å². The number of hydrogen-bond acceptors (Lipinski definition) is 1. The lowest BCUT2D eigenvalue weighted by atomic mass is 10.1. The summed E-state index contributed by atoms with van der Waals surface area (Å²) in [4.78, 5) is 0. The van der Waals surface area contributed by atoms with Gasteiger partial charge >= 0.3 is 0 Å². The smallest absolute Gasteiger partial charge is 0.0248 e. The van der Waals surface area contributed by atoms with Crippen LogP contribution in [0.2, 0.25) is 0 Å². The lowest BCUT2D eigenvalue weighted by Gasteiger charge is -2.02. The van der Waals surface area contributed by atoms with Crippen LogP contribution in [-0.2, 0) is 6.54 Å². The van der Waals surface area contributed by atoms with Crippen LogP contribution < -0.4 is 5.32 Å². The van der Waals surface area contributed by atoms with Gasteiger partial charge in [0, 0.05) is 18.2 Å². The van der Waals surface area contributed by atoms with Gasteiger partial charge in [0.15, 0.2) is 0 Å². The first-order valence-electron chi connectivity index (χ1n) is 7.46. The zero-order chi connectivity index (χ0) is 14.3. The summed E-state index contributed by atoms with van der Waals surface area (Å²) in [6, 6.07) is 19.4. The summed E-state index contributed by atoms with van der Waals surface area (Å²) >= 11 is 0. The summed E-state index contributed by atoms with van der Waals surface area (Å²) < 4.78 is 0. The Morgan fingerprint density at radius 2 is 1.76 bits per heavy atom. The van der Waals surface area contributed by atoms with E-state index in [-0.39, 0.29) is 0 Å². The van der Waals surface area contributed by atoms with Gasteiger partial charge in [-0.2, -0.15) is 0 Å². The molecule has 0 aliphatic heterocycles.